The predicted octanol–water partition coefficient (Wildman–Crippen LogP) is 1.99. The van der Waals surface area contributed by atoms with E-state index >= 15 is 0 Å². The molecule has 0 atom stereocenters. The van der Waals surface area contributed by atoms with Crippen LogP contribution in [0.25, 0.3) is 0 Å². The molecule has 1 saturated heterocycles. The van der Waals surface area contributed by atoms with E-state index in [1.54, 1.807) is 0 Å². The first-order valence-corrected chi connectivity index (χ1v) is 9.40. The van der Waals surface area contributed by atoms with Gasteiger partial charge in [0.15, 0.2) is 5.76 Å². The van der Waals surface area contributed by atoms with Gasteiger partial charge in [-0.2, -0.15) is 4.31 Å². The summed E-state index contributed by atoms with van der Waals surface area (Å²) in [6.07, 6.45) is 0. The molecule has 2 heterocycles. The summed E-state index contributed by atoms with van der Waals surface area (Å²) >= 11 is 5.78. The van der Waals surface area contributed by atoms with Gasteiger partial charge in [-0.1, -0.05) is 11.6 Å². The summed E-state index contributed by atoms with van der Waals surface area (Å²) in [5, 5.41) is 11.1. The quantitative estimate of drug-likeness (QED) is 0.573. The molecular weight excluding hydrogens is 386 g/mol. The summed E-state index contributed by atoms with van der Waals surface area (Å²) in [4.78, 5) is 23.8. The van der Waals surface area contributed by atoms with Crippen molar-refractivity contribution in [3.8, 4) is 0 Å². The molecule has 0 radical (unpaired) electrons. The van der Waals surface area contributed by atoms with E-state index in [0.29, 0.717) is 5.02 Å². The van der Waals surface area contributed by atoms with Crippen LogP contribution >= 0.6 is 11.6 Å². The Balaban J connectivity index is 1.67. The zero-order valence-electron chi connectivity index (χ0n) is 13.4. The van der Waals surface area contributed by atoms with Crippen molar-refractivity contribution >= 4 is 33.4 Å². The Kier molecular flexibility index (Phi) is 4.99. The number of sulfonamides is 1. The molecule has 11 heteroatoms. The number of piperazine rings is 1. The fraction of sp³-hybridized carbons (Fsp3) is 0.267. The Morgan fingerprint density at radius 3 is 2.23 bits per heavy atom. The number of hydrogen-bond donors (Lipinski definition) is 0. The number of carbonyl (C=O) groups excluding carboxylic acids is 1. The van der Waals surface area contributed by atoms with Crippen LogP contribution in [0.2, 0.25) is 5.02 Å². The van der Waals surface area contributed by atoms with E-state index in [2.05, 4.69) is 0 Å². The van der Waals surface area contributed by atoms with E-state index in [9.17, 15) is 23.3 Å². The molecule has 1 aliphatic rings. The van der Waals surface area contributed by atoms with Crippen LogP contribution in [0.1, 0.15) is 10.6 Å². The maximum Gasteiger partial charge on any atom is 0.433 e. The Hall–Kier alpha value is -2.43. The zero-order valence-corrected chi connectivity index (χ0v) is 14.9. The van der Waals surface area contributed by atoms with Gasteiger partial charge >= 0.3 is 5.88 Å². The van der Waals surface area contributed by atoms with Crippen LogP contribution in [-0.4, -0.2) is 54.6 Å². The first-order valence-electron chi connectivity index (χ1n) is 7.58. The number of carbonyl (C=O) groups is 1. The van der Waals surface area contributed by atoms with Gasteiger partial charge in [-0.25, -0.2) is 8.42 Å². The molecule has 1 aliphatic heterocycles. The predicted molar refractivity (Wildman–Crippen MR) is 91.5 cm³/mol. The van der Waals surface area contributed by atoms with Gasteiger partial charge in [0.25, 0.3) is 5.91 Å². The normalized spacial score (nSPS) is 15.8. The number of rotatable bonds is 4. The summed E-state index contributed by atoms with van der Waals surface area (Å²) in [7, 11) is -3.68. The Labute approximate surface area is 153 Å². The van der Waals surface area contributed by atoms with Crippen molar-refractivity contribution in [2.45, 2.75) is 4.90 Å². The topological polar surface area (TPSA) is 114 Å². The number of furan rings is 1. The fourth-order valence-electron chi connectivity index (χ4n) is 2.58. The van der Waals surface area contributed by atoms with Gasteiger partial charge in [-0.15, -0.1) is 0 Å². The molecule has 1 aromatic carbocycles. The minimum atomic E-state index is -3.68. The first-order chi connectivity index (χ1) is 12.3. The lowest BCUT2D eigenvalue weighted by Crippen LogP contribution is -2.50. The minimum absolute atomic E-state index is 0.111. The van der Waals surface area contributed by atoms with Crippen LogP contribution in [0.3, 0.4) is 0 Å². The molecule has 0 N–H and O–H groups in total. The van der Waals surface area contributed by atoms with E-state index < -0.39 is 26.7 Å². The molecule has 0 spiro atoms. The van der Waals surface area contributed by atoms with Crippen molar-refractivity contribution in [2.24, 2.45) is 0 Å². The minimum Gasteiger partial charge on any atom is -0.395 e. The molecular formula is C15H14ClN3O6S. The van der Waals surface area contributed by atoms with Crippen molar-refractivity contribution in [1.82, 2.24) is 9.21 Å². The number of halogens is 1. The molecule has 9 nitrogen and oxygen atoms in total. The second kappa shape index (κ2) is 7.06. The maximum absolute atomic E-state index is 12.6. The number of hydrogen-bond acceptors (Lipinski definition) is 6. The standard InChI is InChI=1S/C15H14ClN3O6S/c16-11-1-3-12(4-2-11)26(23,24)18-9-7-17(8-10-18)15(20)13-5-6-14(25-13)19(21)22/h1-6H,7-10H2. The van der Waals surface area contributed by atoms with E-state index in [1.165, 1.54) is 39.5 Å². The lowest BCUT2D eigenvalue weighted by atomic mass is 10.3. The van der Waals surface area contributed by atoms with Crippen LogP contribution in [-0.2, 0) is 10.0 Å². The van der Waals surface area contributed by atoms with Gasteiger partial charge < -0.3 is 9.32 Å². The second-order valence-electron chi connectivity index (χ2n) is 5.55. The molecule has 1 aromatic heterocycles. The number of benzene rings is 1. The van der Waals surface area contributed by atoms with E-state index in [0.717, 1.165) is 6.07 Å². The third-order valence-electron chi connectivity index (χ3n) is 3.96. The van der Waals surface area contributed by atoms with Gasteiger partial charge in [0.05, 0.1) is 11.0 Å². The van der Waals surface area contributed by atoms with Crippen LogP contribution in [0.5, 0.6) is 0 Å². The highest BCUT2D eigenvalue weighted by molar-refractivity contribution is 7.89. The molecule has 138 valence electrons. The maximum atomic E-state index is 12.6. The van der Waals surface area contributed by atoms with E-state index in [1.807, 2.05) is 0 Å². The highest BCUT2D eigenvalue weighted by Crippen LogP contribution is 2.22. The van der Waals surface area contributed by atoms with Crippen LogP contribution in [0.15, 0.2) is 45.7 Å². The number of nitrogens with zero attached hydrogens (tertiary/aromatic N) is 3. The van der Waals surface area contributed by atoms with Crippen LogP contribution < -0.4 is 0 Å². The van der Waals surface area contributed by atoms with Crippen molar-refractivity contribution in [1.29, 1.82) is 0 Å². The molecule has 3 rings (SSSR count). The van der Waals surface area contributed by atoms with E-state index in [-0.39, 0.29) is 36.8 Å². The SMILES string of the molecule is O=C(c1ccc([N+](=O)[O-])o1)N1CCN(S(=O)(=O)c2ccc(Cl)cc2)CC1. The monoisotopic (exact) mass is 399 g/mol. The van der Waals surface area contributed by atoms with Gasteiger partial charge in [0, 0.05) is 31.2 Å². The Morgan fingerprint density at radius 2 is 1.69 bits per heavy atom. The average Bonchev–Trinajstić information content (AvgIpc) is 3.12. The molecule has 0 unspecified atom stereocenters. The van der Waals surface area contributed by atoms with Gasteiger partial charge in [0.1, 0.15) is 4.92 Å². The second-order valence-corrected chi connectivity index (χ2v) is 7.92. The summed E-state index contributed by atoms with van der Waals surface area (Å²) in [6.45, 7) is 0.527. The molecule has 1 fully saturated rings. The largest absolute Gasteiger partial charge is 0.433 e. The van der Waals surface area contributed by atoms with Crippen LogP contribution in [0.4, 0.5) is 5.88 Å². The van der Waals surface area contributed by atoms with E-state index in [4.69, 9.17) is 16.0 Å². The Morgan fingerprint density at radius 1 is 1.08 bits per heavy atom. The zero-order chi connectivity index (χ0) is 18.9. The molecule has 0 aliphatic carbocycles. The molecule has 26 heavy (non-hydrogen) atoms. The lowest BCUT2D eigenvalue weighted by molar-refractivity contribution is -0.402. The first kappa shape index (κ1) is 18.4. The molecule has 2 aromatic rings. The van der Waals surface area contributed by atoms with Crippen LogP contribution in [0, 0.1) is 10.1 Å². The molecule has 1 amide bonds. The van der Waals surface area contributed by atoms with Gasteiger partial charge in [-0.05, 0) is 30.3 Å². The van der Waals surface area contributed by atoms with Crippen molar-refractivity contribution in [3.05, 3.63) is 57.3 Å². The average molecular weight is 400 g/mol. The highest BCUT2D eigenvalue weighted by atomic mass is 35.5. The van der Waals surface area contributed by atoms with Crippen molar-refractivity contribution < 1.29 is 22.6 Å². The summed E-state index contributed by atoms with van der Waals surface area (Å²) in [5.41, 5.74) is 0. The third-order valence-corrected chi connectivity index (χ3v) is 6.12. The fourth-order valence-corrected chi connectivity index (χ4v) is 4.13. The third kappa shape index (κ3) is 3.57. The summed E-state index contributed by atoms with van der Waals surface area (Å²) in [6, 6.07) is 8.19. The van der Waals surface area contributed by atoms with Crippen molar-refractivity contribution in [3.63, 3.8) is 0 Å². The van der Waals surface area contributed by atoms with Gasteiger partial charge in [0.2, 0.25) is 10.0 Å². The number of nitro groups is 1. The summed E-state index contributed by atoms with van der Waals surface area (Å²) < 4.78 is 31.4. The smallest absolute Gasteiger partial charge is 0.395 e. The summed E-state index contributed by atoms with van der Waals surface area (Å²) in [5.74, 6) is -1.18. The highest BCUT2D eigenvalue weighted by Gasteiger charge is 2.31. The molecule has 0 saturated carbocycles. The van der Waals surface area contributed by atoms with Gasteiger partial charge in [-0.3, -0.25) is 14.9 Å². The molecule has 0 bridgehead atoms. The van der Waals surface area contributed by atoms with Crippen molar-refractivity contribution in [2.75, 3.05) is 26.2 Å². The lowest BCUT2D eigenvalue weighted by Gasteiger charge is -2.33. The number of amides is 1. The Bertz CT molecular complexity index is 933.